The lowest BCUT2D eigenvalue weighted by Gasteiger charge is -2.27. The molecule has 3 heterocycles. The minimum atomic E-state index is 0. The fourth-order valence-corrected chi connectivity index (χ4v) is 3.94. The van der Waals surface area contributed by atoms with Crippen LogP contribution in [0.5, 0.6) is 5.75 Å². The summed E-state index contributed by atoms with van der Waals surface area (Å²) in [6, 6.07) is 8.60. The monoisotopic (exact) mass is 376 g/mol. The summed E-state index contributed by atoms with van der Waals surface area (Å²) < 4.78 is 7.01. The fraction of sp³-hybridized carbons (Fsp3) is 0.474. The standard InChI is InChI=1S/C19H24N4O2.ClH/c1-25-18-6-2-14(3-7-18)12-22-13-15(10-21-22)19(24)23-16-4-5-17(23)11-20-9-8-16;/h2-3,6-7,10,13,16-17,20H,4-5,8-9,11-12H2,1H3;1H. The van der Waals surface area contributed by atoms with Crippen molar-refractivity contribution < 1.29 is 9.53 Å². The van der Waals surface area contributed by atoms with Crippen molar-refractivity contribution in [1.29, 1.82) is 0 Å². The molecule has 0 aliphatic carbocycles. The van der Waals surface area contributed by atoms with Crippen LogP contribution in [0.2, 0.25) is 0 Å². The van der Waals surface area contributed by atoms with Gasteiger partial charge in [-0.2, -0.15) is 5.10 Å². The average molecular weight is 377 g/mol. The highest BCUT2D eigenvalue weighted by molar-refractivity contribution is 5.94. The first-order valence-corrected chi connectivity index (χ1v) is 8.93. The normalized spacial score (nSPS) is 21.8. The molecule has 6 nitrogen and oxygen atoms in total. The van der Waals surface area contributed by atoms with Crippen LogP contribution in [0.1, 0.15) is 35.2 Å². The number of nitrogens with zero attached hydrogens (tertiary/aromatic N) is 3. The number of hydrogen-bond acceptors (Lipinski definition) is 4. The van der Waals surface area contributed by atoms with E-state index >= 15 is 0 Å². The van der Waals surface area contributed by atoms with Gasteiger partial charge < -0.3 is 15.0 Å². The van der Waals surface area contributed by atoms with E-state index in [1.54, 1.807) is 13.3 Å². The minimum Gasteiger partial charge on any atom is -0.497 e. The second-order valence-corrected chi connectivity index (χ2v) is 6.86. The average Bonchev–Trinajstić information content (AvgIpc) is 3.18. The molecular weight excluding hydrogens is 352 g/mol. The molecule has 2 bridgehead atoms. The van der Waals surface area contributed by atoms with Crippen molar-refractivity contribution in [3.05, 3.63) is 47.8 Å². The zero-order valence-corrected chi connectivity index (χ0v) is 15.7. The predicted molar refractivity (Wildman–Crippen MR) is 102 cm³/mol. The number of benzene rings is 1. The first kappa shape index (κ1) is 18.7. The number of methoxy groups -OCH3 is 1. The van der Waals surface area contributed by atoms with E-state index < -0.39 is 0 Å². The zero-order valence-electron chi connectivity index (χ0n) is 14.9. The zero-order chi connectivity index (χ0) is 17.2. The van der Waals surface area contributed by atoms with Gasteiger partial charge >= 0.3 is 0 Å². The SMILES string of the molecule is COc1ccc(Cn2cc(C(=O)N3C4CCNCC3CC4)cn2)cc1.Cl. The molecule has 1 aromatic heterocycles. The molecule has 26 heavy (non-hydrogen) atoms. The van der Waals surface area contributed by atoms with Crippen molar-refractivity contribution in [3.63, 3.8) is 0 Å². The highest BCUT2D eigenvalue weighted by Gasteiger charge is 2.38. The summed E-state index contributed by atoms with van der Waals surface area (Å²) in [5, 5.41) is 7.82. The lowest BCUT2D eigenvalue weighted by molar-refractivity contribution is 0.0680. The van der Waals surface area contributed by atoms with Crippen LogP contribution in [-0.2, 0) is 6.54 Å². The van der Waals surface area contributed by atoms with Crippen LogP contribution < -0.4 is 10.1 Å². The van der Waals surface area contributed by atoms with E-state index in [4.69, 9.17) is 4.74 Å². The maximum absolute atomic E-state index is 13.0. The van der Waals surface area contributed by atoms with Gasteiger partial charge in [0.15, 0.2) is 0 Å². The summed E-state index contributed by atoms with van der Waals surface area (Å²) in [6.45, 7) is 2.55. The number of ether oxygens (including phenoxy) is 1. The van der Waals surface area contributed by atoms with E-state index in [0.29, 0.717) is 24.2 Å². The largest absolute Gasteiger partial charge is 0.497 e. The third-order valence-corrected chi connectivity index (χ3v) is 5.27. The Labute approximate surface area is 159 Å². The van der Waals surface area contributed by atoms with Crippen LogP contribution in [0, 0.1) is 0 Å². The smallest absolute Gasteiger partial charge is 0.257 e. The van der Waals surface area contributed by atoms with E-state index in [2.05, 4.69) is 15.3 Å². The molecule has 1 amide bonds. The van der Waals surface area contributed by atoms with E-state index in [1.165, 1.54) is 0 Å². The van der Waals surface area contributed by atoms with Crippen LogP contribution in [-0.4, -0.2) is 52.9 Å². The van der Waals surface area contributed by atoms with E-state index in [0.717, 1.165) is 43.7 Å². The number of carbonyl (C=O) groups is 1. The molecule has 2 aliphatic rings. The fourth-order valence-electron chi connectivity index (χ4n) is 3.94. The second kappa shape index (κ2) is 8.10. The Balaban J connectivity index is 0.00000196. The van der Waals surface area contributed by atoms with Gasteiger partial charge in [0, 0.05) is 24.8 Å². The Morgan fingerprint density at radius 3 is 2.77 bits per heavy atom. The van der Waals surface area contributed by atoms with Crippen molar-refractivity contribution in [2.24, 2.45) is 0 Å². The highest BCUT2D eigenvalue weighted by atomic mass is 35.5. The number of amides is 1. The van der Waals surface area contributed by atoms with Crippen LogP contribution in [0.15, 0.2) is 36.7 Å². The number of fused-ring (bicyclic) bond motifs is 2. The lowest BCUT2D eigenvalue weighted by Crippen LogP contribution is -2.42. The van der Waals surface area contributed by atoms with Crippen LogP contribution in [0.3, 0.4) is 0 Å². The predicted octanol–water partition coefficient (Wildman–Crippen LogP) is 2.33. The molecule has 0 spiro atoms. The summed E-state index contributed by atoms with van der Waals surface area (Å²) in [7, 11) is 1.66. The molecule has 1 aromatic carbocycles. The van der Waals surface area contributed by atoms with Gasteiger partial charge in [-0.1, -0.05) is 12.1 Å². The van der Waals surface area contributed by atoms with E-state index in [9.17, 15) is 4.79 Å². The number of aromatic nitrogens is 2. The first-order chi connectivity index (χ1) is 12.2. The van der Waals surface area contributed by atoms with Crippen molar-refractivity contribution in [2.75, 3.05) is 20.2 Å². The third kappa shape index (κ3) is 3.71. The number of halogens is 1. The second-order valence-electron chi connectivity index (χ2n) is 6.86. The third-order valence-electron chi connectivity index (χ3n) is 5.27. The van der Waals surface area contributed by atoms with Crippen molar-refractivity contribution in [1.82, 2.24) is 20.0 Å². The van der Waals surface area contributed by atoms with Gasteiger partial charge in [-0.3, -0.25) is 9.48 Å². The summed E-state index contributed by atoms with van der Waals surface area (Å²) in [4.78, 5) is 15.1. The van der Waals surface area contributed by atoms with Gasteiger partial charge in [-0.25, -0.2) is 0 Å². The molecule has 2 unspecified atom stereocenters. The molecule has 7 heteroatoms. The number of nitrogens with one attached hydrogen (secondary N) is 1. The number of rotatable bonds is 4. The Bertz CT molecular complexity index is 732. The Hall–Kier alpha value is -2.05. The molecule has 4 rings (SSSR count). The topological polar surface area (TPSA) is 59.4 Å². The molecule has 0 saturated carbocycles. The minimum absolute atomic E-state index is 0. The molecule has 2 aromatic rings. The van der Waals surface area contributed by atoms with Crippen molar-refractivity contribution in [2.45, 2.75) is 37.9 Å². The summed E-state index contributed by atoms with van der Waals surface area (Å²) >= 11 is 0. The molecule has 0 radical (unpaired) electrons. The highest BCUT2D eigenvalue weighted by Crippen LogP contribution is 2.29. The van der Waals surface area contributed by atoms with Crippen LogP contribution in [0.4, 0.5) is 0 Å². The van der Waals surface area contributed by atoms with Gasteiger partial charge in [-0.15, -0.1) is 12.4 Å². The molecular formula is C19H25ClN4O2. The first-order valence-electron chi connectivity index (χ1n) is 8.93. The van der Waals surface area contributed by atoms with Crippen LogP contribution >= 0.6 is 12.4 Å². The Kier molecular flexibility index (Phi) is 5.84. The summed E-state index contributed by atoms with van der Waals surface area (Å²) in [6.07, 6.45) is 6.83. The van der Waals surface area contributed by atoms with Crippen molar-refractivity contribution in [3.8, 4) is 5.75 Å². The molecule has 2 saturated heterocycles. The van der Waals surface area contributed by atoms with Gasteiger partial charge in [-0.05, 0) is 43.5 Å². The number of hydrogen-bond donors (Lipinski definition) is 1. The molecule has 1 N–H and O–H groups in total. The maximum Gasteiger partial charge on any atom is 0.257 e. The van der Waals surface area contributed by atoms with E-state index in [-0.39, 0.29) is 18.3 Å². The maximum atomic E-state index is 13.0. The van der Waals surface area contributed by atoms with Gasteiger partial charge in [0.2, 0.25) is 0 Å². The van der Waals surface area contributed by atoms with Gasteiger partial charge in [0.1, 0.15) is 5.75 Å². The Morgan fingerprint density at radius 2 is 2.00 bits per heavy atom. The van der Waals surface area contributed by atoms with Gasteiger partial charge in [0.05, 0.1) is 25.4 Å². The summed E-state index contributed by atoms with van der Waals surface area (Å²) in [5.41, 5.74) is 1.81. The van der Waals surface area contributed by atoms with E-state index in [1.807, 2.05) is 35.1 Å². The molecule has 2 aliphatic heterocycles. The lowest BCUT2D eigenvalue weighted by atomic mass is 10.1. The molecule has 2 atom stereocenters. The van der Waals surface area contributed by atoms with Crippen LogP contribution in [0.25, 0.3) is 0 Å². The Morgan fingerprint density at radius 1 is 1.23 bits per heavy atom. The quantitative estimate of drug-likeness (QED) is 0.889. The number of carbonyl (C=O) groups excluding carboxylic acids is 1. The summed E-state index contributed by atoms with van der Waals surface area (Å²) in [5.74, 6) is 0.961. The van der Waals surface area contributed by atoms with Crippen molar-refractivity contribution >= 4 is 18.3 Å². The van der Waals surface area contributed by atoms with Gasteiger partial charge in [0.25, 0.3) is 5.91 Å². The molecule has 2 fully saturated rings. The molecule has 140 valence electrons.